The van der Waals surface area contributed by atoms with E-state index in [0.29, 0.717) is 19.3 Å². The molecule has 0 aliphatic carbocycles. The second-order valence-corrected chi connectivity index (χ2v) is 3.97. The Morgan fingerprint density at radius 1 is 1.25 bits per heavy atom. The average molecular weight is 219 g/mol. The number of amides is 1. The Morgan fingerprint density at radius 3 is 2.62 bits per heavy atom. The molecule has 3 heteroatoms. The van der Waals surface area contributed by atoms with E-state index in [-0.39, 0.29) is 11.7 Å². The Bertz CT molecular complexity index is 385. The van der Waals surface area contributed by atoms with Gasteiger partial charge in [-0.3, -0.25) is 4.79 Å². The van der Waals surface area contributed by atoms with Gasteiger partial charge in [0.25, 0.3) is 0 Å². The molecule has 0 fully saturated rings. The highest BCUT2D eigenvalue weighted by Gasteiger charge is 2.03. The molecule has 1 aromatic carbocycles. The molecule has 0 bridgehead atoms. The van der Waals surface area contributed by atoms with Crippen LogP contribution in [0, 0.1) is 6.92 Å². The highest BCUT2D eigenvalue weighted by Crippen LogP contribution is 2.10. The quantitative estimate of drug-likeness (QED) is 0.827. The summed E-state index contributed by atoms with van der Waals surface area (Å²) in [5, 5.41) is 2.81. The lowest BCUT2D eigenvalue weighted by molar-refractivity contribution is -0.117. The normalized spacial score (nSPS) is 9.88. The van der Waals surface area contributed by atoms with E-state index in [4.69, 9.17) is 0 Å². The summed E-state index contributed by atoms with van der Waals surface area (Å²) in [7, 11) is 0. The SMILES string of the molecule is CC(=O)CCCC(=O)Nc1cccc(C)c1. The van der Waals surface area contributed by atoms with Gasteiger partial charge in [0.1, 0.15) is 5.78 Å². The van der Waals surface area contributed by atoms with Crippen LogP contribution in [0.15, 0.2) is 24.3 Å². The van der Waals surface area contributed by atoms with Crippen LogP contribution < -0.4 is 5.32 Å². The molecule has 3 nitrogen and oxygen atoms in total. The highest BCUT2D eigenvalue weighted by atomic mass is 16.1. The maximum atomic E-state index is 11.5. The molecule has 0 atom stereocenters. The molecule has 0 saturated heterocycles. The highest BCUT2D eigenvalue weighted by molar-refractivity contribution is 5.91. The van der Waals surface area contributed by atoms with Crippen LogP contribution in [-0.4, -0.2) is 11.7 Å². The van der Waals surface area contributed by atoms with E-state index in [2.05, 4.69) is 5.32 Å². The fourth-order valence-corrected chi connectivity index (χ4v) is 1.44. The van der Waals surface area contributed by atoms with E-state index >= 15 is 0 Å². The lowest BCUT2D eigenvalue weighted by atomic mass is 10.2. The third kappa shape index (κ3) is 4.73. The zero-order chi connectivity index (χ0) is 12.0. The second kappa shape index (κ2) is 6.05. The Balaban J connectivity index is 2.37. The van der Waals surface area contributed by atoms with Crippen LogP contribution in [0.1, 0.15) is 31.7 Å². The van der Waals surface area contributed by atoms with Crippen LogP contribution in [0.4, 0.5) is 5.69 Å². The maximum absolute atomic E-state index is 11.5. The predicted octanol–water partition coefficient (Wildman–Crippen LogP) is 2.69. The monoisotopic (exact) mass is 219 g/mol. The molecule has 0 aliphatic heterocycles. The molecule has 16 heavy (non-hydrogen) atoms. The molecule has 1 aromatic rings. The summed E-state index contributed by atoms with van der Waals surface area (Å²) in [6.07, 6.45) is 1.49. The smallest absolute Gasteiger partial charge is 0.224 e. The van der Waals surface area contributed by atoms with Crippen molar-refractivity contribution in [3.8, 4) is 0 Å². The molecule has 0 spiro atoms. The number of nitrogens with one attached hydrogen (secondary N) is 1. The van der Waals surface area contributed by atoms with Gasteiger partial charge in [0, 0.05) is 18.5 Å². The van der Waals surface area contributed by atoms with Gasteiger partial charge in [-0.25, -0.2) is 0 Å². The van der Waals surface area contributed by atoms with Crippen LogP contribution in [0.5, 0.6) is 0 Å². The minimum atomic E-state index is -0.0353. The van der Waals surface area contributed by atoms with Crippen molar-refractivity contribution in [3.05, 3.63) is 29.8 Å². The summed E-state index contributed by atoms with van der Waals surface area (Å²) in [6.45, 7) is 3.52. The molecule has 1 N–H and O–H groups in total. The number of benzene rings is 1. The first-order chi connectivity index (χ1) is 7.58. The van der Waals surface area contributed by atoms with Crippen LogP contribution in [0.2, 0.25) is 0 Å². The first-order valence-corrected chi connectivity index (χ1v) is 5.44. The van der Waals surface area contributed by atoms with E-state index in [1.54, 1.807) is 6.92 Å². The molecular weight excluding hydrogens is 202 g/mol. The molecule has 0 aromatic heterocycles. The standard InChI is InChI=1S/C13H17NO2/c1-10-5-3-7-12(9-10)14-13(16)8-4-6-11(2)15/h3,5,7,9H,4,6,8H2,1-2H3,(H,14,16). The van der Waals surface area contributed by atoms with Crippen molar-refractivity contribution in [3.63, 3.8) is 0 Å². The molecule has 0 radical (unpaired) electrons. The molecule has 0 heterocycles. The third-order valence-electron chi connectivity index (χ3n) is 2.23. The first kappa shape index (κ1) is 12.4. The van der Waals surface area contributed by atoms with Crippen molar-refractivity contribution in [2.24, 2.45) is 0 Å². The van der Waals surface area contributed by atoms with E-state index in [1.165, 1.54) is 0 Å². The minimum absolute atomic E-state index is 0.0353. The summed E-state index contributed by atoms with van der Waals surface area (Å²) in [5.41, 5.74) is 1.93. The van der Waals surface area contributed by atoms with Gasteiger partial charge in [-0.2, -0.15) is 0 Å². The number of ketones is 1. The van der Waals surface area contributed by atoms with Crippen molar-refractivity contribution in [2.75, 3.05) is 5.32 Å². The van der Waals surface area contributed by atoms with Crippen molar-refractivity contribution in [2.45, 2.75) is 33.1 Å². The van der Waals surface area contributed by atoms with Gasteiger partial charge < -0.3 is 10.1 Å². The summed E-state index contributed by atoms with van der Waals surface area (Å²) in [5.74, 6) is 0.0928. The van der Waals surface area contributed by atoms with Crippen molar-refractivity contribution in [1.29, 1.82) is 0 Å². The molecule has 1 amide bonds. The maximum Gasteiger partial charge on any atom is 0.224 e. The van der Waals surface area contributed by atoms with Crippen LogP contribution in [-0.2, 0) is 9.59 Å². The van der Waals surface area contributed by atoms with E-state index in [9.17, 15) is 9.59 Å². The lowest BCUT2D eigenvalue weighted by Crippen LogP contribution is -2.11. The number of carbonyl (C=O) groups is 2. The van der Waals surface area contributed by atoms with Crippen molar-refractivity contribution >= 4 is 17.4 Å². The predicted molar refractivity (Wildman–Crippen MR) is 64.3 cm³/mol. The van der Waals surface area contributed by atoms with Gasteiger partial charge in [0.05, 0.1) is 0 Å². The first-order valence-electron chi connectivity index (χ1n) is 5.44. The van der Waals surface area contributed by atoms with Crippen molar-refractivity contribution in [1.82, 2.24) is 0 Å². The topological polar surface area (TPSA) is 46.2 Å². The largest absolute Gasteiger partial charge is 0.326 e. The molecule has 0 aliphatic rings. The Labute approximate surface area is 95.9 Å². The van der Waals surface area contributed by atoms with E-state index < -0.39 is 0 Å². The zero-order valence-electron chi connectivity index (χ0n) is 9.75. The Kier molecular flexibility index (Phi) is 4.70. The number of carbonyl (C=O) groups excluding carboxylic acids is 2. The fourth-order valence-electron chi connectivity index (χ4n) is 1.44. The summed E-state index contributed by atoms with van der Waals surface area (Å²) < 4.78 is 0. The average Bonchev–Trinajstić information content (AvgIpc) is 2.16. The third-order valence-corrected chi connectivity index (χ3v) is 2.23. The van der Waals surface area contributed by atoms with E-state index in [1.807, 2.05) is 31.2 Å². The van der Waals surface area contributed by atoms with Crippen LogP contribution in [0.25, 0.3) is 0 Å². The number of hydrogen-bond donors (Lipinski definition) is 1. The molecule has 86 valence electrons. The summed E-state index contributed by atoms with van der Waals surface area (Å²) >= 11 is 0. The van der Waals surface area contributed by atoms with Gasteiger partial charge in [-0.1, -0.05) is 12.1 Å². The molecule has 0 unspecified atom stereocenters. The number of rotatable bonds is 5. The molecule has 1 rings (SSSR count). The zero-order valence-corrected chi connectivity index (χ0v) is 9.75. The Morgan fingerprint density at radius 2 is 2.00 bits per heavy atom. The van der Waals surface area contributed by atoms with E-state index in [0.717, 1.165) is 11.3 Å². The second-order valence-electron chi connectivity index (χ2n) is 3.97. The van der Waals surface area contributed by atoms with Crippen LogP contribution >= 0.6 is 0 Å². The Hall–Kier alpha value is -1.64. The van der Waals surface area contributed by atoms with Gasteiger partial charge in [0.15, 0.2) is 0 Å². The summed E-state index contributed by atoms with van der Waals surface area (Å²) in [4.78, 5) is 22.2. The van der Waals surface area contributed by atoms with Crippen molar-refractivity contribution < 1.29 is 9.59 Å². The fraction of sp³-hybridized carbons (Fsp3) is 0.385. The van der Waals surface area contributed by atoms with Gasteiger partial charge in [0.2, 0.25) is 5.91 Å². The van der Waals surface area contributed by atoms with Gasteiger partial charge in [-0.05, 0) is 38.0 Å². The van der Waals surface area contributed by atoms with Gasteiger partial charge in [-0.15, -0.1) is 0 Å². The number of Topliss-reactive ketones (excluding diaryl/α,β-unsaturated/α-hetero) is 1. The summed E-state index contributed by atoms with van der Waals surface area (Å²) in [6, 6.07) is 7.66. The number of anilines is 1. The minimum Gasteiger partial charge on any atom is -0.326 e. The number of aryl methyl sites for hydroxylation is 1. The number of hydrogen-bond acceptors (Lipinski definition) is 2. The van der Waals surface area contributed by atoms with Gasteiger partial charge >= 0.3 is 0 Å². The molecule has 0 saturated carbocycles. The molecular formula is C13H17NO2. The van der Waals surface area contributed by atoms with Crippen LogP contribution in [0.3, 0.4) is 0 Å². The lowest BCUT2D eigenvalue weighted by Gasteiger charge is -2.05.